The zero-order chi connectivity index (χ0) is 19.3. The first-order valence-corrected chi connectivity index (χ1v) is 9.38. The number of carbonyl (C=O) groups is 1. The van der Waals surface area contributed by atoms with E-state index in [4.69, 9.17) is 4.74 Å². The lowest BCUT2D eigenvalue weighted by atomic mass is 9.86. The van der Waals surface area contributed by atoms with Crippen LogP contribution in [0, 0.1) is 6.92 Å². The normalized spacial score (nSPS) is 18.2. The fraction of sp³-hybridized carbons (Fsp3) is 0.286. The number of rotatable bonds is 6. The first-order valence-electron chi connectivity index (χ1n) is 9.38. The first-order chi connectivity index (χ1) is 13.7. The van der Waals surface area contributed by atoms with Crippen molar-refractivity contribution in [2.45, 2.75) is 38.5 Å². The van der Waals surface area contributed by atoms with Crippen LogP contribution in [0.15, 0.2) is 61.1 Å². The van der Waals surface area contributed by atoms with Crippen LogP contribution in [0.25, 0.3) is 5.82 Å². The van der Waals surface area contributed by atoms with Gasteiger partial charge in [-0.15, -0.1) is 0 Å². The van der Waals surface area contributed by atoms with Crippen molar-refractivity contribution < 1.29 is 9.53 Å². The molecule has 0 spiro atoms. The van der Waals surface area contributed by atoms with E-state index in [0.29, 0.717) is 0 Å². The van der Waals surface area contributed by atoms with Crippen molar-refractivity contribution in [1.29, 1.82) is 0 Å². The molecule has 3 aromatic rings. The van der Waals surface area contributed by atoms with Crippen LogP contribution in [-0.2, 0) is 11.3 Å². The quantitative estimate of drug-likeness (QED) is 0.688. The SMILES string of the molecule is Cc1nccn1-c1ncccc1NC1CC(NC(=O)OCc2ccccc2)C1. The number of aromatic nitrogens is 3. The van der Waals surface area contributed by atoms with Gasteiger partial charge in [-0.2, -0.15) is 0 Å². The maximum atomic E-state index is 12.0. The van der Waals surface area contributed by atoms with E-state index in [-0.39, 0.29) is 24.8 Å². The molecule has 0 radical (unpaired) electrons. The number of ether oxygens (including phenoxy) is 1. The molecule has 1 aliphatic carbocycles. The molecule has 0 atom stereocenters. The minimum Gasteiger partial charge on any atom is -0.445 e. The van der Waals surface area contributed by atoms with Crippen molar-refractivity contribution in [2.24, 2.45) is 0 Å². The van der Waals surface area contributed by atoms with Crippen LogP contribution in [0.2, 0.25) is 0 Å². The fourth-order valence-corrected chi connectivity index (χ4v) is 3.31. The second kappa shape index (κ2) is 8.12. The molecule has 1 fully saturated rings. The lowest BCUT2D eigenvalue weighted by Gasteiger charge is -2.36. The Kier molecular flexibility index (Phi) is 5.23. The third-order valence-corrected chi connectivity index (χ3v) is 4.87. The molecule has 1 saturated carbocycles. The van der Waals surface area contributed by atoms with Gasteiger partial charge in [0.2, 0.25) is 0 Å². The van der Waals surface area contributed by atoms with E-state index in [0.717, 1.165) is 35.7 Å². The molecule has 1 amide bonds. The monoisotopic (exact) mass is 377 g/mol. The number of anilines is 1. The lowest BCUT2D eigenvalue weighted by Crippen LogP contribution is -2.49. The molecule has 0 unspecified atom stereocenters. The van der Waals surface area contributed by atoms with E-state index in [1.54, 1.807) is 12.4 Å². The summed E-state index contributed by atoms with van der Waals surface area (Å²) in [5, 5.41) is 6.44. The van der Waals surface area contributed by atoms with Gasteiger partial charge in [0, 0.05) is 30.7 Å². The Morgan fingerprint density at radius 1 is 1.11 bits per heavy atom. The average molecular weight is 377 g/mol. The van der Waals surface area contributed by atoms with Crippen LogP contribution in [0.3, 0.4) is 0 Å². The predicted octanol–water partition coefficient (Wildman–Crippen LogP) is 3.45. The molecule has 7 heteroatoms. The molecule has 2 N–H and O–H groups in total. The third kappa shape index (κ3) is 4.14. The third-order valence-electron chi connectivity index (χ3n) is 4.87. The predicted molar refractivity (Wildman–Crippen MR) is 106 cm³/mol. The number of hydrogen-bond acceptors (Lipinski definition) is 5. The smallest absolute Gasteiger partial charge is 0.407 e. The molecule has 2 heterocycles. The summed E-state index contributed by atoms with van der Waals surface area (Å²) in [5.74, 6) is 1.72. The number of hydrogen-bond donors (Lipinski definition) is 2. The van der Waals surface area contributed by atoms with Crippen molar-refractivity contribution in [3.05, 3.63) is 72.4 Å². The Hall–Kier alpha value is -3.35. The van der Waals surface area contributed by atoms with Gasteiger partial charge in [-0.3, -0.25) is 4.57 Å². The van der Waals surface area contributed by atoms with Crippen molar-refractivity contribution in [2.75, 3.05) is 5.32 Å². The van der Waals surface area contributed by atoms with E-state index >= 15 is 0 Å². The number of amides is 1. The summed E-state index contributed by atoms with van der Waals surface area (Å²) in [5.41, 5.74) is 1.93. The Labute approximate surface area is 163 Å². The fourth-order valence-electron chi connectivity index (χ4n) is 3.31. The maximum Gasteiger partial charge on any atom is 0.407 e. The van der Waals surface area contributed by atoms with E-state index < -0.39 is 0 Å². The highest BCUT2D eigenvalue weighted by Crippen LogP contribution is 2.27. The highest BCUT2D eigenvalue weighted by atomic mass is 16.5. The van der Waals surface area contributed by atoms with Gasteiger partial charge in [-0.25, -0.2) is 14.8 Å². The average Bonchev–Trinajstić information content (AvgIpc) is 3.11. The van der Waals surface area contributed by atoms with Gasteiger partial charge < -0.3 is 15.4 Å². The number of aryl methyl sites for hydroxylation is 1. The standard InChI is InChI=1S/C21H23N5O2/c1-15-22-10-11-26(15)20-19(8-5-9-23-20)24-17-12-18(13-17)25-21(27)28-14-16-6-3-2-4-7-16/h2-11,17-18,24H,12-14H2,1H3,(H,25,27). The zero-order valence-corrected chi connectivity index (χ0v) is 15.7. The molecule has 0 bridgehead atoms. The number of nitrogens with one attached hydrogen (secondary N) is 2. The summed E-state index contributed by atoms with van der Waals surface area (Å²) in [6.07, 6.45) is 6.75. The number of benzene rings is 1. The van der Waals surface area contributed by atoms with E-state index in [1.165, 1.54) is 0 Å². The lowest BCUT2D eigenvalue weighted by molar-refractivity contribution is 0.129. The molecule has 0 aliphatic heterocycles. The Bertz CT molecular complexity index is 935. The number of nitrogens with zero attached hydrogens (tertiary/aromatic N) is 3. The summed E-state index contributed by atoms with van der Waals surface area (Å²) in [6.45, 7) is 2.23. The minimum absolute atomic E-state index is 0.121. The van der Waals surface area contributed by atoms with Crippen LogP contribution in [0.5, 0.6) is 0 Å². The van der Waals surface area contributed by atoms with Gasteiger partial charge in [-0.05, 0) is 37.5 Å². The number of imidazole rings is 1. The summed E-state index contributed by atoms with van der Waals surface area (Å²) in [4.78, 5) is 20.7. The second-order valence-electron chi connectivity index (χ2n) is 6.93. The molecule has 2 aromatic heterocycles. The van der Waals surface area contributed by atoms with Crippen LogP contribution >= 0.6 is 0 Å². The van der Waals surface area contributed by atoms with Crippen molar-refractivity contribution in [3.63, 3.8) is 0 Å². The van der Waals surface area contributed by atoms with Crippen molar-refractivity contribution in [1.82, 2.24) is 19.9 Å². The Morgan fingerprint density at radius 2 is 1.93 bits per heavy atom. The minimum atomic E-state index is -0.372. The molecule has 7 nitrogen and oxygen atoms in total. The molecule has 1 aromatic carbocycles. The van der Waals surface area contributed by atoms with Crippen LogP contribution in [0.1, 0.15) is 24.2 Å². The van der Waals surface area contributed by atoms with Gasteiger partial charge in [-0.1, -0.05) is 30.3 Å². The maximum absolute atomic E-state index is 12.0. The van der Waals surface area contributed by atoms with Gasteiger partial charge in [0.1, 0.15) is 12.4 Å². The number of alkyl carbamates (subject to hydrolysis) is 1. The molecule has 144 valence electrons. The van der Waals surface area contributed by atoms with E-state index in [9.17, 15) is 4.79 Å². The number of pyridine rings is 1. The van der Waals surface area contributed by atoms with Crippen LogP contribution in [-0.4, -0.2) is 32.7 Å². The summed E-state index contributed by atoms with van der Waals surface area (Å²) < 4.78 is 7.23. The van der Waals surface area contributed by atoms with E-state index in [1.807, 2.05) is 60.2 Å². The molecule has 28 heavy (non-hydrogen) atoms. The highest BCUT2D eigenvalue weighted by Gasteiger charge is 2.31. The summed E-state index contributed by atoms with van der Waals surface area (Å²) >= 11 is 0. The van der Waals surface area contributed by atoms with Gasteiger partial charge >= 0.3 is 6.09 Å². The Morgan fingerprint density at radius 3 is 2.68 bits per heavy atom. The Balaban J connectivity index is 1.26. The van der Waals surface area contributed by atoms with Gasteiger partial charge in [0.05, 0.1) is 5.69 Å². The van der Waals surface area contributed by atoms with Gasteiger partial charge in [0.15, 0.2) is 5.82 Å². The topological polar surface area (TPSA) is 81.1 Å². The highest BCUT2D eigenvalue weighted by molar-refractivity contribution is 5.68. The summed E-state index contributed by atoms with van der Waals surface area (Å²) in [7, 11) is 0. The van der Waals surface area contributed by atoms with Crippen molar-refractivity contribution >= 4 is 11.8 Å². The second-order valence-corrected chi connectivity index (χ2v) is 6.93. The van der Waals surface area contributed by atoms with Crippen LogP contribution in [0.4, 0.5) is 10.5 Å². The molecular formula is C21H23N5O2. The molecular weight excluding hydrogens is 354 g/mol. The van der Waals surface area contributed by atoms with Crippen molar-refractivity contribution in [3.8, 4) is 5.82 Å². The molecule has 0 saturated heterocycles. The van der Waals surface area contributed by atoms with E-state index in [2.05, 4.69) is 20.6 Å². The largest absolute Gasteiger partial charge is 0.445 e. The zero-order valence-electron chi connectivity index (χ0n) is 15.7. The molecule has 4 rings (SSSR count). The van der Waals surface area contributed by atoms with Gasteiger partial charge in [0.25, 0.3) is 0 Å². The van der Waals surface area contributed by atoms with Crippen LogP contribution < -0.4 is 10.6 Å². The number of carbonyl (C=O) groups excluding carboxylic acids is 1. The first kappa shape index (κ1) is 18.0. The summed E-state index contributed by atoms with van der Waals surface area (Å²) in [6, 6.07) is 14.0. The molecule has 1 aliphatic rings.